The van der Waals surface area contributed by atoms with E-state index in [4.69, 9.17) is 4.74 Å². The molecule has 0 radical (unpaired) electrons. The molecule has 1 aromatic rings. The van der Waals surface area contributed by atoms with Crippen molar-refractivity contribution in [3.05, 3.63) is 29.6 Å². The number of rotatable bonds is 4. The molecule has 1 heterocycles. The summed E-state index contributed by atoms with van der Waals surface area (Å²) in [6.07, 6.45) is 1.94. The lowest BCUT2D eigenvalue weighted by Crippen LogP contribution is -2.39. The van der Waals surface area contributed by atoms with Crippen molar-refractivity contribution in [1.29, 1.82) is 0 Å². The summed E-state index contributed by atoms with van der Waals surface area (Å²) in [4.78, 5) is 23.5. The van der Waals surface area contributed by atoms with E-state index >= 15 is 0 Å². The fraction of sp³-hybridized carbons (Fsp3) is 0.467. The van der Waals surface area contributed by atoms with Crippen molar-refractivity contribution in [3.63, 3.8) is 0 Å². The van der Waals surface area contributed by atoms with E-state index in [-0.39, 0.29) is 24.2 Å². The second kappa shape index (κ2) is 5.35. The third kappa shape index (κ3) is 2.84. The summed E-state index contributed by atoms with van der Waals surface area (Å²) >= 11 is 0. The number of carbonyl (C=O) groups excluding carboxylic acids is 2. The monoisotopic (exact) mass is 292 g/mol. The van der Waals surface area contributed by atoms with E-state index in [0.717, 1.165) is 12.8 Å². The molecule has 2 fully saturated rings. The van der Waals surface area contributed by atoms with E-state index in [0.29, 0.717) is 11.3 Å². The van der Waals surface area contributed by atoms with Gasteiger partial charge in [-0.25, -0.2) is 4.39 Å². The van der Waals surface area contributed by atoms with E-state index in [2.05, 4.69) is 10.6 Å². The minimum atomic E-state index is -0.560. The Morgan fingerprint density at radius 1 is 1.43 bits per heavy atom. The maximum Gasteiger partial charge on any atom is 0.223 e. The van der Waals surface area contributed by atoms with Crippen molar-refractivity contribution in [2.45, 2.75) is 31.3 Å². The van der Waals surface area contributed by atoms with Gasteiger partial charge in [0, 0.05) is 17.9 Å². The average Bonchev–Trinajstić information content (AvgIpc) is 3.24. The molecule has 5 nitrogen and oxygen atoms in total. The van der Waals surface area contributed by atoms with Crippen molar-refractivity contribution in [2.75, 3.05) is 7.11 Å². The quantitative estimate of drug-likeness (QED) is 0.878. The fourth-order valence-electron chi connectivity index (χ4n) is 2.61. The molecule has 2 aliphatic rings. The number of hydrogen-bond acceptors (Lipinski definition) is 3. The molecular weight excluding hydrogens is 275 g/mol. The van der Waals surface area contributed by atoms with Crippen LogP contribution in [0.2, 0.25) is 0 Å². The second-order valence-corrected chi connectivity index (χ2v) is 5.53. The van der Waals surface area contributed by atoms with Gasteiger partial charge in [-0.15, -0.1) is 0 Å². The Morgan fingerprint density at radius 3 is 2.86 bits per heavy atom. The molecule has 2 atom stereocenters. The molecule has 2 amide bonds. The van der Waals surface area contributed by atoms with Crippen molar-refractivity contribution in [3.8, 4) is 5.75 Å². The number of nitrogens with one attached hydrogen (secondary N) is 2. The predicted molar refractivity (Wildman–Crippen MR) is 73.1 cm³/mol. The van der Waals surface area contributed by atoms with Crippen LogP contribution in [0.15, 0.2) is 18.2 Å². The maximum atomic E-state index is 14.0. The molecule has 0 spiro atoms. The first-order valence-electron chi connectivity index (χ1n) is 7.01. The smallest absolute Gasteiger partial charge is 0.223 e. The molecule has 0 aromatic heterocycles. The molecule has 1 saturated heterocycles. The van der Waals surface area contributed by atoms with Crippen LogP contribution in [0.1, 0.15) is 30.9 Å². The van der Waals surface area contributed by atoms with Gasteiger partial charge in [-0.1, -0.05) is 0 Å². The molecule has 21 heavy (non-hydrogen) atoms. The lowest BCUT2D eigenvalue weighted by Gasteiger charge is -2.21. The van der Waals surface area contributed by atoms with Crippen LogP contribution in [0.25, 0.3) is 0 Å². The van der Waals surface area contributed by atoms with E-state index in [1.54, 1.807) is 6.07 Å². The number of amides is 2. The van der Waals surface area contributed by atoms with Gasteiger partial charge in [-0.05, 0) is 31.0 Å². The largest absolute Gasteiger partial charge is 0.497 e. The average molecular weight is 292 g/mol. The minimum absolute atomic E-state index is 0.0511. The van der Waals surface area contributed by atoms with Crippen molar-refractivity contribution in [2.24, 2.45) is 5.92 Å². The van der Waals surface area contributed by atoms with Crippen LogP contribution in [-0.2, 0) is 9.59 Å². The Balaban J connectivity index is 1.83. The summed E-state index contributed by atoms with van der Waals surface area (Å²) in [6.45, 7) is 0. The SMILES string of the molecule is COc1ccc(F)c(C2NC(=O)C[C@@H]2NC(=O)C2CC2)c1. The molecule has 3 rings (SSSR count). The van der Waals surface area contributed by atoms with Crippen LogP contribution in [0.3, 0.4) is 0 Å². The summed E-state index contributed by atoms with van der Waals surface area (Å²) in [5, 5.41) is 5.58. The van der Waals surface area contributed by atoms with Gasteiger partial charge in [-0.3, -0.25) is 9.59 Å². The highest BCUT2D eigenvalue weighted by Gasteiger charge is 2.39. The zero-order valence-corrected chi connectivity index (χ0v) is 11.7. The summed E-state index contributed by atoms with van der Waals surface area (Å²) < 4.78 is 19.1. The van der Waals surface area contributed by atoms with E-state index < -0.39 is 17.9 Å². The highest BCUT2D eigenvalue weighted by atomic mass is 19.1. The van der Waals surface area contributed by atoms with Gasteiger partial charge in [0.2, 0.25) is 11.8 Å². The number of carbonyl (C=O) groups is 2. The van der Waals surface area contributed by atoms with Crippen LogP contribution in [0.5, 0.6) is 5.75 Å². The third-order valence-electron chi connectivity index (χ3n) is 3.94. The lowest BCUT2D eigenvalue weighted by molar-refractivity contribution is -0.123. The van der Waals surface area contributed by atoms with Crippen LogP contribution in [0.4, 0.5) is 4.39 Å². The molecule has 1 saturated carbocycles. The van der Waals surface area contributed by atoms with Gasteiger partial charge in [0.1, 0.15) is 11.6 Å². The fourth-order valence-corrected chi connectivity index (χ4v) is 2.61. The van der Waals surface area contributed by atoms with Gasteiger partial charge in [0.15, 0.2) is 0 Å². The minimum Gasteiger partial charge on any atom is -0.497 e. The van der Waals surface area contributed by atoms with Crippen LogP contribution < -0.4 is 15.4 Å². The molecule has 1 unspecified atom stereocenters. The first kappa shape index (κ1) is 13.9. The van der Waals surface area contributed by atoms with Crippen molar-refractivity contribution < 1.29 is 18.7 Å². The Hall–Kier alpha value is -2.11. The molecule has 0 bridgehead atoms. The number of hydrogen-bond donors (Lipinski definition) is 2. The molecule has 1 aliphatic carbocycles. The van der Waals surface area contributed by atoms with Gasteiger partial charge < -0.3 is 15.4 Å². The number of benzene rings is 1. The van der Waals surface area contributed by atoms with E-state index in [1.165, 1.54) is 19.2 Å². The molecular formula is C15H17FN2O3. The van der Waals surface area contributed by atoms with Gasteiger partial charge in [-0.2, -0.15) is 0 Å². The highest BCUT2D eigenvalue weighted by Crippen LogP contribution is 2.32. The number of ether oxygens (including phenoxy) is 1. The molecule has 2 N–H and O–H groups in total. The molecule has 6 heteroatoms. The van der Waals surface area contributed by atoms with E-state index in [1.807, 2.05) is 0 Å². The molecule has 1 aliphatic heterocycles. The van der Waals surface area contributed by atoms with E-state index in [9.17, 15) is 14.0 Å². The summed E-state index contributed by atoms with van der Waals surface area (Å²) in [5.74, 6) is -0.0990. The van der Waals surface area contributed by atoms with Gasteiger partial charge in [0.25, 0.3) is 0 Å². The Bertz CT molecular complexity index is 586. The maximum absolute atomic E-state index is 14.0. The first-order valence-corrected chi connectivity index (χ1v) is 7.01. The van der Waals surface area contributed by atoms with Crippen LogP contribution in [0, 0.1) is 11.7 Å². The summed E-state index contributed by atoms with van der Waals surface area (Å²) in [5.41, 5.74) is 0.335. The standard InChI is InChI=1S/C15H17FN2O3/c1-21-9-4-5-11(16)10(6-9)14-12(7-13(19)18-14)17-15(20)8-2-3-8/h4-6,8,12,14H,2-3,7H2,1H3,(H,17,20)(H,18,19)/t12-,14?/m0/s1. The van der Waals surface area contributed by atoms with Gasteiger partial charge in [0.05, 0.1) is 19.2 Å². The highest BCUT2D eigenvalue weighted by molar-refractivity contribution is 5.85. The first-order chi connectivity index (χ1) is 10.1. The molecule has 112 valence electrons. The number of halogens is 1. The predicted octanol–water partition coefficient (Wildman–Crippen LogP) is 1.29. The Labute approximate surface area is 121 Å². The van der Waals surface area contributed by atoms with Crippen molar-refractivity contribution in [1.82, 2.24) is 10.6 Å². The lowest BCUT2D eigenvalue weighted by atomic mass is 9.99. The zero-order chi connectivity index (χ0) is 15.0. The van der Waals surface area contributed by atoms with Gasteiger partial charge >= 0.3 is 0 Å². The Morgan fingerprint density at radius 2 is 2.19 bits per heavy atom. The van der Waals surface area contributed by atoms with Crippen molar-refractivity contribution >= 4 is 11.8 Å². The summed E-state index contributed by atoms with van der Waals surface area (Å²) in [7, 11) is 1.50. The van der Waals surface area contributed by atoms with Crippen LogP contribution >= 0.6 is 0 Å². The van der Waals surface area contributed by atoms with Crippen LogP contribution in [-0.4, -0.2) is 25.0 Å². The molecule has 1 aromatic carbocycles. The number of methoxy groups -OCH3 is 1. The normalized spacial score (nSPS) is 24.6. The third-order valence-corrected chi connectivity index (χ3v) is 3.94. The Kier molecular flexibility index (Phi) is 3.53. The zero-order valence-electron chi connectivity index (χ0n) is 11.7. The second-order valence-electron chi connectivity index (χ2n) is 5.53. The topological polar surface area (TPSA) is 67.4 Å². The summed E-state index contributed by atoms with van der Waals surface area (Å²) in [6, 6.07) is 3.40.